The van der Waals surface area contributed by atoms with Crippen molar-refractivity contribution >= 4 is 43.4 Å². The van der Waals surface area contributed by atoms with Crippen LogP contribution < -0.4 is 9.47 Å². The minimum absolute atomic E-state index is 0.0201. The Bertz CT molecular complexity index is 1220. The molecule has 36 heavy (non-hydrogen) atoms. The lowest BCUT2D eigenvalue weighted by atomic mass is 9.99. The maximum Gasteiger partial charge on any atom is 0.297 e. The molecule has 0 bridgehead atoms. The number of ether oxygens (including phenoxy) is 2. The number of halogens is 2. The molecule has 2 rings (SSSR count). The highest BCUT2D eigenvalue weighted by Gasteiger charge is 2.34. The summed E-state index contributed by atoms with van der Waals surface area (Å²) in [5, 5.41) is 0.0738. The highest BCUT2D eigenvalue weighted by atomic mass is 35.5. The first-order chi connectivity index (χ1) is 16.3. The SMILES string of the molecule is COc1cc(Cl)cc(S(=O)(=O)OCC(C)(C)C)c1-c1c(OC)cc(Cl)cc1S(=O)(=O)OCC(C)(C)C. The molecule has 0 aliphatic rings. The third-order valence-corrected chi connectivity index (χ3v) is 7.60. The Morgan fingerprint density at radius 1 is 0.639 bits per heavy atom. The summed E-state index contributed by atoms with van der Waals surface area (Å²) in [5.74, 6) is -0.0401. The van der Waals surface area contributed by atoms with Gasteiger partial charge in [-0.3, -0.25) is 8.37 Å². The summed E-state index contributed by atoms with van der Waals surface area (Å²) in [6, 6.07) is 5.05. The summed E-state index contributed by atoms with van der Waals surface area (Å²) < 4.78 is 75.1. The Balaban J connectivity index is 2.97. The van der Waals surface area contributed by atoms with Gasteiger partial charge in [0.25, 0.3) is 20.2 Å². The van der Waals surface area contributed by atoms with Crippen LogP contribution in [0.15, 0.2) is 34.1 Å². The summed E-state index contributed by atoms with van der Waals surface area (Å²) in [6.45, 7) is 10.6. The lowest BCUT2D eigenvalue weighted by Crippen LogP contribution is -2.20. The van der Waals surface area contributed by atoms with Crippen LogP contribution in [-0.4, -0.2) is 44.3 Å². The molecule has 0 saturated heterocycles. The van der Waals surface area contributed by atoms with Crippen molar-refractivity contribution in [3.63, 3.8) is 0 Å². The first-order valence-corrected chi connectivity index (χ1v) is 14.4. The average molecular weight is 584 g/mol. The van der Waals surface area contributed by atoms with Gasteiger partial charge in [0.05, 0.1) is 38.6 Å². The van der Waals surface area contributed by atoms with Crippen LogP contribution >= 0.6 is 23.2 Å². The predicted molar refractivity (Wildman–Crippen MR) is 140 cm³/mol. The third kappa shape index (κ3) is 7.72. The molecule has 0 unspecified atom stereocenters. The summed E-state index contributed by atoms with van der Waals surface area (Å²) in [4.78, 5) is -0.798. The molecule has 8 nitrogen and oxygen atoms in total. The number of benzene rings is 2. The molecule has 0 aromatic heterocycles. The first-order valence-electron chi connectivity index (χ1n) is 10.9. The van der Waals surface area contributed by atoms with Gasteiger partial charge in [-0.05, 0) is 35.1 Å². The number of methoxy groups -OCH3 is 2. The molecule has 0 amide bonds. The van der Waals surface area contributed by atoms with Crippen molar-refractivity contribution in [2.24, 2.45) is 10.8 Å². The van der Waals surface area contributed by atoms with Gasteiger partial charge in [0, 0.05) is 10.0 Å². The number of hydrogen-bond donors (Lipinski definition) is 0. The molecule has 202 valence electrons. The van der Waals surface area contributed by atoms with E-state index in [-0.39, 0.29) is 45.9 Å². The van der Waals surface area contributed by atoms with E-state index >= 15 is 0 Å². The minimum Gasteiger partial charge on any atom is -0.496 e. The van der Waals surface area contributed by atoms with Crippen molar-refractivity contribution in [2.45, 2.75) is 51.3 Å². The number of hydrogen-bond acceptors (Lipinski definition) is 8. The predicted octanol–water partition coefficient (Wildman–Crippen LogP) is 6.18. The van der Waals surface area contributed by atoms with E-state index in [1.165, 1.54) is 26.4 Å². The van der Waals surface area contributed by atoms with Gasteiger partial charge in [-0.25, -0.2) is 0 Å². The van der Waals surface area contributed by atoms with Crippen molar-refractivity contribution in [1.29, 1.82) is 0 Å². The molecule has 2 aromatic rings. The van der Waals surface area contributed by atoms with Crippen LogP contribution in [0.2, 0.25) is 10.0 Å². The van der Waals surface area contributed by atoms with Gasteiger partial charge in [-0.15, -0.1) is 0 Å². The standard InChI is InChI=1S/C24H32Cl2O8S2/c1-23(2,3)13-33-35(27,28)19-11-15(25)9-17(31-7)21(19)22-18(32-8)10-16(26)12-20(22)36(29,30)34-14-24(4,5)6/h9-12H,13-14H2,1-8H3. The summed E-state index contributed by atoms with van der Waals surface area (Å²) in [6.07, 6.45) is 0. The highest BCUT2D eigenvalue weighted by Crippen LogP contribution is 2.47. The van der Waals surface area contributed by atoms with Crippen LogP contribution in [0.4, 0.5) is 0 Å². The zero-order valence-corrected chi connectivity index (χ0v) is 24.7. The Labute approximate surface area is 224 Å². The Morgan fingerprint density at radius 3 is 1.19 bits per heavy atom. The molecule has 0 heterocycles. The zero-order chi connectivity index (χ0) is 27.7. The fourth-order valence-corrected chi connectivity index (χ4v) is 6.23. The van der Waals surface area contributed by atoms with E-state index < -0.39 is 40.9 Å². The molecule has 0 saturated carbocycles. The molecule has 2 aromatic carbocycles. The lowest BCUT2D eigenvalue weighted by Gasteiger charge is -2.23. The molecule has 0 aliphatic heterocycles. The van der Waals surface area contributed by atoms with E-state index in [4.69, 9.17) is 41.0 Å². The largest absolute Gasteiger partial charge is 0.496 e. The van der Waals surface area contributed by atoms with Crippen LogP contribution in [-0.2, 0) is 28.6 Å². The van der Waals surface area contributed by atoms with Crippen LogP contribution in [0.25, 0.3) is 11.1 Å². The third-order valence-electron chi connectivity index (χ3n) is 4.58. The maximum absolute atomic E-state index is 13.4. The van der Waals surface area contributed by atoms with E-state index in [0.717, 1.165) is 12.1 Å². The van der Waals surface area contributed by atoms with E-state index in [9.17, 15) is 16.8 Å². The Morgan fingerprint density at radius 2 is 0.944 bits per heavy atom. The topological polar surface area (TPSA) is 105 Å². The van der Waals surface area contributed by atoms with Gasteiger partial charge in [0.2, 0.25) is 0 Å². The molecule has 12 heteroatoms. The van der Waals surface area contributed by atoms with Crippen LogP contribution in [0.5, 0.6) is 11.5 Å². The van der Waals surface area contributed by atoms with Crippen molar-refractivity contribution < 1.29 is 34.7 Å². The van der Waals surface area contributed by atoms with E-state index in [0.29, 0.717) is 0 Å². The van der Waals surface area contributed by atoms with Crippen molar-refractivity contribution in [3.05, 3.63) is 34.3 Å². The van der Waals surface area contributed by atoms with Gasteiger partial charge in [0.15, 0.2) is 0 Å². The second kappa shape index (κ2) is 11.0. The average Bonchev–Trinajstić information content (AvgIpc) is 2.74. The van der Waals surface area contributed by atoms with Gasteiger partial charge in [-0.1, -0.05) is 64.7 Å². The normalized spacial score (nSPS) is 13.1. The second-order valence-corrected chi connectivity index (χ2v) is 14.6. The van der Waals surface area contributed by atoms with Crippen molar-refractivity contribution in [1.82, 2.24) is 0 Å². The molecule has 0 spiro atoms. The Kier molecular flexibility index (Phi) is 9.41. The van der Waals surface area contributed by atoms with Crippen LogP contribution in [0.3, 0.4) is 0 Å². The molecular formula is C24H32Cl2O8S2. The first kappa shape index (κ1) is 30.7. The number of rotatable bonds is 9. The van der Waals surface area contributed by atoms with Gasteiger partial charge >= 0.3 is 0 Å². The summed E-state index contributed by atoms with van der Waals surface area (Å²) >= 11 is 12.4. The molecule has 0 N–H and O–H groups in total. The van der Waals surface area contributed by atoms with E-state index in [1.807, 2.05) is 0 Å². The monoisotopic (exact) mass is 582 g/mol. The van der Waals surface area contributed by atoms with Gasteiger partial charge in [-0.2, -0.15) is 16.8 Å². The fraction of sp³-hybridized carbons (Fsp3) is 0.500. The van der Waals surface area contributed by atoms with Crippen LogP contribution in [0, 0.1) is 10.8 Å². The lowest BCUT2D eigenvalue weighted by molar-refractivity contribution is 0.203. The molecule has 0 aliphatic carbocycles. The van der Waals surface area contributed by atoms with Crippen LogP contribution in [0.1, 0.15) is 41.5 Å². The highest BCUT2D eigenvalue weighted by molar-refractivity contribution is 7.87. The molecule has 0 fully saturated rings. The summed E-state index contributed by atoms with van der Waals surface area (Å²) in [7, 11) is -6.30. The van der Waals surface area contributed by atoms with Crippen molar-refractivity contribution in [3.8, 4) is 22.6 Å². The molecule has 0 radical (unpaired) electrons. The fourth-order valence-electron chi connectivity index (χ4n) is 2.96. The quantitative estimate of drug-likeness (QED) is 0.322. The van der Waals surface area contributed by atoms with Gasteiger partial charge < -0.3 is 9.47 Å². The zero-order valence-electron chi connectivity index (χ0n) is 21.6. The molecule has 0 atom stereocenters. The summed E-state index contributed by atoms with van der Waals surface area (Å²) in [5.41, 5.74) is -1.21. The second-order valence-electron chi connectivity index (χ2n) is 10.5. The van der Waals surface area contributed by atoms with Crippen molar-refractivity contribution in [2.75, 3.05) is 27.4 Å². The Hall–Kier alpha value is -1.56. The van der Waals surface area contributed by atoms with E-state index in [1.54, 1.807) is 41.5 Å². The van der Waals surface area contributed by atoms with Gasteiger partial charge in [0.1, 0.15) is 21.3 Å². The minimum atomic E-state index is -4.45. The van der Waals surface area contributed by atoms with E-state index in [2.05, 4.69) is 0 Å². The molecular weight excluding hydrogens is 551 g/mol. The maximum atomic E-state index is 13.4. The smallest absolute Gasteiger partial charge is 0.297 e.